The summed E-state index contributed by atoms with van der Waals surface area (Å²) in [5.41, 5.74) is 1.92. The first-order valence-electron chi connectivity index (χ1n) is 7.94. The fraction of sp³-hybridized carbons (Fsp3) is 0.105. The van der Waals surface area contributed by atoms with Gasteiger partial charge in [-0.2, -0.15) is 0 Å². The van der Waals surface area contributed by atoms with Gasteiger partial charge in [0.25, 0.3) is 11.1 Å². The van der Waals surface area contributed by atoms with Crippen LogP contribution in [0.3, 0.4) is 0 Å². The number of carbonyl (C=O) groups excluding carboxylic acids is 3. The zero-order chi connectivity index (χ0) is 19.6. The van der Waals surface area contributed by atoms with E-state index in [-0.39, 0.29) is 10.7 Å². The summed E-state index contributed by atoms with van der Waals surface area (Å²) in [4.78, 5) is 38.0. The van der Waals surface area contributed by atoms with Crippen LogP contribution in [0.5, 0.6) is 5.75 Å². The number of hydrogen-bond donors (Lipinski definition) is 2. The van der Waals surface area contributed by atoms with Crippen molar-refractivity contribution in [1.29, 1.82) is 0 Å². The van der Waals surface area contributed by atoms with Crippen molar-refractivity contribution in [3.8, 4) is 5.75 Å². The number of carbonyl (C=O) groups is 3. The number of halogens is 1. The number of anilines is 1. The van der Waals surface area contributed by atoms with E-state index in [1.807, 2.05) is 6.92 Å². The fourth-order valence-electron chi connectivity index (χ4n) is 2.46. The second-order valence-corrected chi connectivity index (χ2v) is 7.30. The molecule has 0 radical (unpaired) electrons. The van der Waals surface area contributed by atoms with Crippen molar-refractivity contribution in [1.82, 2.24) is 4.90 Å². The van der Waals surface area contributed by atoms with Gasteiger partial charge in [-0.05, 0) is 60.2 Å². The Balaban J connectivity index is 1.72. The van der Waals surface area contributed by atoms with Gasteiger partial charge < -0.3 is 10.4 Å². The molecule has 3 rings (SSSR count). The van der Waals surface area contributed by atoms with Crippen LogP contribution in [0.2, 0.25) is 5.02 Å². The fourth-order valence-corrected chi connectivity index (χ4v) is 3.47. The van der Waals surface area contributed by atoms with E-state index < -0.39 is 23.6 Å². The zero-order valence-corrected chi connectivity index (χ0v) is 15.8. The van der Waals surface area contributed by atoms with Crippen molar-refractivity contribution in [3.05, 3.63) is 63.5 Å². The van der Waals surface area contributed by atoms with Crippen LogP contribution >= 0.6 is 23.4 Å². The molecule has 1 saturated heterocycles. The molecule has 0 atom stereocenters. The largest absolute Gasteiger partial charge is 0.508 e. The summed E-state index contributed by atoms with van der Waals surface area (Å²) < 4.78 is 0. The van der Waals surface area contributed by atoms with E-state index in [4.69, 9.17) is 11.6 Å². The number of rotatable bonds is 4. The summed E-state index contributed by atoms with van der Waals surface area (Å²) >= 11 is 6.68. The topological polar surface area (TPSA) is 86.7 Å². The lowest BCUT2D eigenvalue weighted by Crippen LogP contribution is -2.36. The average Bonchev–Trinajstić information content (AvgIpc) is 2.86. The zero-order valence-electron chi connectivity index (χ0n) is 14.2. The van der Waals surface area contributed by atoms with Crippen LogP contribution in [-0.2, 0) is 9.59 Å². The third kappa shape index (κ3) is 4.50. The average molecular weight is 403 g/mol. The highest BCUT2D eigenvalue weighted by atomic mass is 35.5. The smallest absolute Gasteiger partial charge is 0.294 e. The van der Waals surface area contributed by atoms with Crippen molar-refractivity contribution >= 4 is 52.2 Å². The number of nitrogens with one attached hydrogen (secondary N) is 1. The molecule has 2 N–H and O–H groups in total. The van der Waals surface area contributed by atoms with E-state index in [2.05, 4.69) is 5.32 Å². The Morgan fingerprint density at radius 1 is 1.26 bits per heavy atom. The van der Waals surface area contributed by atoms with Crippen LogP contribution in [0.4, 0.5) is 10.5 Å². The summed E-state index contributed by atoms with van der Waals surface area (Å²) in [6, 6.07) is 11.4. The number of thioether (sulfide) groups is 1. The molecule has 0 aromatic heterocycles. The summed E-state index contributed by atoms with van der Waals surface area (Å²) in [5, 5.41) is 12.1. The molecule has 1 aliphatic rings. The molecule has 3 amide bonds. The van der Waals surface area contributed by atoms with Crippen LogP contribution in [0.25, 0.3) is 6.08 Å². The van der Waals surface area contributed by atoms with E-state index in [0.29, 0.717) is 16.3 Å². The van der Waals surface area contributed by atoms with Crippen LogP contribution in [-0.4, -0.2) is 33.6 Å². The lowest BCUT2D eigenvalue weighted by Gasteiger charge is -2.13. The first kappa shape index (κ1) is 19.0. The maximum Gasteiger partial charge on any atom is 0.294 e. The van der Waals surface area contributed by atoms with Crippen LogP contribution in [0.1, 0.15) is 11.1 Å². The molecule has 27 heavy (non-hydrogen) atoms. The summed E-state index contributed by atoms with van der Waals surface area (Å²) in [7, 11) is 0. The standard InChI is InChI=1S/C19H15ClN2O4S/c1-11-5-6-13(20)9-15(11)21-17(24)10-22-18(25)16(27-19(22)26)8-12-3-2-4-14(23)7-12/h2-9,23H,10H2,1H3,(H,21,24)/b16-8+. The summed E-state index contributed by atoms with van der Waals surface area (Å²) in [6.07, 6.45) is 1.50. The van der Waals surface area contributed by atoms with Gasteiger partial charge in [0.2, 0.25) is 5.91 Å². The second kappa shape index (κ2) is 7.85. The van der Waals surface area contributed by atoms with Gasteiger partial charge in [0.05, 0.1) is 4.91 Å². The molecule has 0 spiro atoms. The normalized spacial score (nSPS) is 15.5. The Bertz CT molecular complexity index is 974. The van der Waals surface area contributed by atoms with Gasteiger partial charge in [0.15, 0.2) is 0 Å². The Hall–Kier alpha value is -2.77. The third-order valence-electron chi connectivity index (χ3n) is 3.82. The lowest BCUT2D eigenvalue weighted by atomic mass is 10.2. The van der Waals surface area contributed by atoms with Crippen LogP contribution in [0, 0.1) is 6.92 Å². The SMILES string of the molecule is Cc1ccc(Cl)cc1NC(=O)CN1C(=O)S/C(=C/c2cccc(O)c2)C1=O. The van der Waals surface area contributed by atoms with Crippen molar-refractivity contribution in [2.45, 2.75) is 6.92 Å². The van der Waals surface area contributed by atoms with E-state index >= 15 is 0 Å². The minimum atomic E-state index is -0.550. The number of amides is 3. The van der Waals surface area contributed by atoms with Gasteiger partial charge in [-0.3, -0.25) is 19.3 Å². The number of nitrogens with zero attached hydrogens (tertiary/aromatic N) is 1. The molecule has 0 unspecified atom stereocenters. The molecule has 1 fully saturated rings. The van der Waals surface area contributed by atoms with Crippen molar-refractivity contribution in [2.24, 2.45) is 0 Å². The lowest BCUT2D eigenvalue weighted by molar-refractivity contribution is -0.127. The van der Waals surface area contributed by atoms with Gasteiger partial charge in [-0.25, -0.2) is 0 Å². The van der Waals surface area contributed by atoms with Crippen molar-refractivity contribution in [3.63, 3.8) is 0 Å². The molecular formula is C19H15ClN2O4S. The number of hydrogen-bond acceptors (Lipinski definition) is 5. The number of phenols is 1. The molecule has 8 heteroatoms. The molecule has 2 aromatic carbocycles. The van der Waals surface area contributed by atoms with Crippen molar-refractivity contribution < 1.29 is 19.5 Å². The van der Waals surface area contributed by atoms with E-state index in [1.165, 1.54) is 18.2 Å². The maximum absolute atomic E-state index is 12.5. The minimum Gasteiger partial charge on any atom is -0.508 e. The molecule has 0 bridgehead atoms. The Labute approximate surface area is 164 Å². The first-order chi connectivity index (χ1) is 12.8. The highest BCUT2D eigenvalue weighted by molar-refractivity contribution is 8.18. The third-order valence-corrected chi connectivity index (χ3v) is 4.96. The predicted molar refractivity (Wildman–Crippen MR) is 106 cm³/mol. The minimum absolute atomic E-state index is 0.0549. The molecule has 1 aliphatic heterocycles. The predicted octanol–water partition coefficient (Wildman–Crippen LogP) is 4.03. The van der Waals surface area contributed by atoms with Crippen LogP contribution < -0.4 is 5.32 Å². The van der Waals surface area contributed by atoms with E-state index in [1.54, 1.807) is 30.3 Å². The number of aryl methyl sites for hydroxylation is 1. The summed E-state index contributed by atoms with van der Waals surface area (Å²) in [6.45, 7) is 1.41. The second-order valence-electron chi connectivity index (χ2n) is 5.87. The van der Waals surface area contributed by atoms with Crippen LogP contribution in [0.15, 0.2) is 47.4 Å². The Morgan fingerprint density at radius 2 is 2.04 bits per heavy atom. The quantitative estimate of drug-likeness (QED) is 0.754. The molecular weight excluding hydrogens is 388 g/mol. The van der Waals surface area contributed by atoms with Crippen molar-refractivity contribution in [2.75, 3.05) is 11.9 Å². The Morgan fingerprint density at radius 3 is 2.78 bits per heavy atom. The van der Waals surface area contributed by atoms with E-state index in [9.17, 15) is 19.5 Å². The van der Waals surface area contributed by atoms with Gasteiger partial charge in [-0.1, -0.05) is 29.8 Å². The molecule has 6 nitrogen and oxygen atoms in total. The highest BCUT2D eigenvalue weighted by Crippen LogP contribution is 2.32. The maximum atomic E-state index is 12.5. The monoisotopic (exact) mass is 402 g/mol. The molecule has 138 valence electrons. The molecule has 2 aromatic rings. The number of imide groups is 1. The van der Waals surface area contributed by atoms with Gasteiger partial charge >= 0.3 is 0 Å². The molecule has 0 saturated carbocycles. The number of benzene rings is 2. The molecule has 0 aliphatic carbocycles. The van der Waals surface area contributed by atoms with Gasteiger partial charge in [0.1, 0.15) is 12.3 Å². The van der Waals surface area contributed by atoms with Gasteiger partial charge in [-0.15, -0.1) is 0 Å². The Kier molecular flexibility index (Phi) is 5.53. The molecule has 1 heterocycles. The van der Waals surface area contributed by atoms with Gasteiger partial charge in [0, 0.05) is 10.7 Å². The first-order valence-corrected chi connectivity index (χ1v) is 9.13. The number of aromatic hydroxyl groups is 1. The summed E-state index contributed by atoms with van der Waals surface area (Å²) in [5.74, 6) is -0.994. The highest BCUT2D eigenvalue weighted by Gasteiger charge is 2.36. The number of phenolic OH excluding ortho intramolecular Hbond substituents is 1. The van der Waals surface area contributed by atoms with E-state index in [0.717, 1.165) is 22.2 Å².